The van der Waals surface area contributed by atoms with Crippen molar-refractivity contribution in [3.8, 4) is 0 Å². The Morgan fingerprint density at radius 2 is 1.95 bits per heavy atom. The molecule has 0 saturated heterocycles. The zero-order chi connectivity index (χ0) is 14.7. The Kier molecular flexibility index (Phi) is 4.05. The van der Waals surface area contributed by atoms with E-state index in [1.807, 2.05) is 0 Å². The number of nitrogens with two attached hydrogens (primary N) is 3. The van der Waals surface area contributed by atoms with Gasteiger partial charge in [-0.15, -0.1) is 0 Å². The van der Waals surface area contributed by atoms with Crippen LogP contribution in [-0.4, -0.2) is 13.1 Å². The minimum absolute atomic E-state index is 0.0893. The SMILES string of the molecule is NCC1=C(N)NCC(C=Cc2c(F)ccc(N)c2F)=C1. The van der Waals surface area contributed by atoms with E-state index in [1.165, 1.54) is 12.1 Å². The van der Waals surface area contributed by atoms with Gasteiger partial charge in [-0.25, -0.2) is 8.78 Å². The van der Waals surface area contributed by atoms with E-state index in [1.54, 1.807) is 12.2 Å². The number of benzene rings is 1. The fourth-order valence-corrected chi connectivity index (χ4v) is 1.87. The van der Waals surface area contributed by atoms with Crippen LogP contribution in [0.3, 0.4) is 0 Å². The third kappa shape index (κ3) is 2.80. The Bertz CT molecular complexity index is 618. The van der Waals surface area contributed by atoms with Crippen molar-refractivity contribution in [3.05, 3.63) is 58.4 Å². The Morgan fingerprint density at radius 1 is 1.20 bits per heavy atom. The summed E-state index contributed by atoms with van der Waals surface area (Å²) in [6.45, 7) is 0.758. The van der Waals surface area contributed by atoms with Gasteiger partial charge in [0.05, 0.1) is 5.69 Å². The molecule has 4 nitrogen and oxygen atoms in total. The molecule has 106 valence electrons. The van der Waals surface area contributed by atoms with Crippen molar-refractivity contribution in [3.63, 3.8) is 0 Å². The molecular weight excluding hydrogens is 262 g/mol. The largest absolute Gasteiger partial charge is 0.396 e. The van der Waals surface area contributed by atoms with Crippen molar-refractivity contribution in [2.45, 2.75) is 0 Å². The molecule has 7 N–H and O–H groups in total. The van der Waals surface area contributed by atoms with Crippen molar-refractivity contribution in [2.24, 2.45) is 11.5 Å². The van der Waals surface area contributed by atoms with E-state index in [4.69, 9.17) is 17.2 Å². The van der Waals surface area contributed by atoms with Crippen LogP contribution < -0.4 is 22.5 Å². The third-order valence-corrected chi connectivity index (χ3v) is 3.03. The number of dihydropyridines is 1. The number of anilines is 1. The molecule has 0 unspecified atom stereocenters. The van der Waals surface area contributed by atoms with E-state index in [0.29, 0.717) is 12.4 Å². The molecule has 1 aliphatic rings. The van der Waals surface area contributed by atoms with Crippen LogP contribution in [0.25, 0.3) is 6.08 Å². The van der Waals surface area contributed by atoms with Gasteiger partial charge < -0.3 is 22.5 Å². The lowest BCUT2D eigenvalue weighted by molar-refractivity contribution is 0.581. The van der Waals surface area contributed by atoms with E-state index in [2.05, 4.69) is 5.32 Å². The van der Waals surface area contributed by atoms with Gasteiger partial charge in [0.15, 0.2) is 5.82 Å². The van der Waals surface area contributed by atoms with Crippen molar-refractivity contribution < 1.29 is 8.78 Å². The molecule has 2 rings (SSSR count). The van der Waals surface area contributed by atoms with Crippen molar-refractivity contribution in [2.75, 3.05) is 18.8 Å². The van der Waals surface area contributed by atoms with Crippen LogP contribution >= 0.6 is 0 Å². The Hall–Kier alpha value is -2.34. The summed E-state index contributed by atoms with van der Waals surface area (Å²) in [7, 11) is 0. The maximum Gasteiger partial charge on any atom is 0.156 e. The second-order valence-corrected chi connectivity index (χ2v) is 4.41. The Morgan fingerprint density at radius 3 is 2.65 bits per heavy atom. The van der Waals surface area contributed by atoms with Gasteiger partial charge in [-0.05, 0) is 29.9 Å². The highest BCUT2D eigenvalue weighted by atomic mass is 19.1. The molecule has 0 fully saturated rings. The summed E-state index contributed by atoms with van der Waals surface area (Å²) in [5, 5.41) is 2.96. The Labute approximate surface area is 115 Å². The molecule has 0 saturated carbocycles. The molecule has 0 amide bonds. The molecule has 20 heavy (non-hydrogen) atoms. The fourth-order valence-electron chi connectivity index (χ4n) is 1.87. The summed E-state index contributed by atoms with van der Waals surface area (Å²) in [5.41, 5.74) is 18.0. The minimum Gasteiger partial charge on any atom is -0.396 e. The van der Waals surface area contributed by atoms with Gasteiger partial charge in [-0.3, -0.25) is 0 Å². The molecule has 0 atom stereocenters. The molecule has 1 aromatic carbocycles. The van der Waals surface area contributed by atoms with Gasteiger partial charge in [-0.2, -0.15) is 0 Å². The lowest BCUT2D eigenvalue weighted by atomic mass is 10.1. The first-order chi connectivity index (χ1) is 9.52. The highest BCUT2D eigenvalue weighted by Gasteiger charge is 2.10. The molecule has 6 heteroatoms. The molecule has 1 aliphatic heterocycles. The monoisotopic (exact) mass is 278 g/mol. The molecule has 1 heterocycles. The van der Waals surface area contributed by atoms with Crippen LogP contribution in [0.2, 0.25) is 0 Å². The van der Waals surface area contributed by atoms with Crippen LogP contribution in [0.5, 0.6) is 0 Å². The smallest absolute Gasteiger partial charge is 0.156 e. The third-order valence-electron chi connectivity index (χ3n) is 3.03. The van der Waals surface area contributed by atoms with Gasteiger partial charge in [0.1, 0.15) is 11.6 Å². The number of rotatable bonds is 3. The predicted molar refractivity (Wildman–Crippen MR) is 76.2 cm³/mol. The van der Waals surface area contributed by atoms with Crippen LogP contribution in [0, 0.1) is 11.6 Å². The van der Waals surface area contributed by atoms with Crippen LogP contribution in [0.4, 0.5) is 14.5 Å². The Balaban J connectivity index is 2.29. The standard InChI is InChI=1S/C14H16F2N4/c15-11-3-4-12(18)13(16)10(11)2-1-8-5-9(6-17)14(19)20-7-8/h1-5,20H,6-7,17-19H2. The second-order valence-electron chi connectivity index (χ2n) is 4.41. The fraction of sp³-hybridized carbons (Fsp3) is 0.143. The summed E-state index contributed by atoms with van der Waals surface area (Å²) in [6, 6.07) is 2.33. The topological polar surface area (TPSA) is 90.1 Å². The van der Waals surface area contributed by atoms with E-state index < -0.39 is 11.6 Å². The van der Waals surface area contributed by atoms with Crippen LogP contribution in [0.15, 0.2) is 41.3 Å². The number of halogens is 2. The van der Waals surface area contributed by atoms with Crippen molar-refractivity contribution in [1.29, 1.82) is 0 Å². The lowest BCUT2D eigenvalue weighted by Gasteiger charge is -2.16. The highest BCUT2D eigenvalue weighted by molar-refractivity contribution is 5.60. The summed E-state index contributed by atoms with van der Waals surface area (Å²) >= 11 is 0. The van der Waals surface area contributed by atoms with Crippen LogP contribution in [-0.2, 0) is 0 Å². The number of hydrogen-bond acceptors (Lipinski definition) is 4. The van der Waals surface area contributed by atoms with Gasteiger partial charge in [0.25, 0.3) is 0 Å². The van der Waals surface area contributed by atoms with Gasteiger partial charge in [0, 0.05) is 24.2 Å². The zero-order valence-electron chi connectivity index (χ0n) is 10.8. The average Bonchev–Trinajstić information content (AvgIpc) is 2.44. The van der Waals surface area contributed by atoms with E-state index >= 15 is 0 Å². The summed E-state index contributed by atoms with van der Waals surface area (Å²) in [4.78, 5) is 0. The first-order valence-corrected chi connectivity index (χ1v) is 6.07. The maximum absolute atomic E-state index is 13.7. The van der Waals surface area contributed by atoms with Crippen molar-refractivity contribution >= 4 is 11.8 Å². The molecule has 0 aliphatic carbocycles. The first-order valence-electron chi connectivity index (χ1n) is 6.07. The minimum atomic E-state index is -0.764. The van der Waals surface area contributed by atoms with Gasteiger partial charge >= 0.3 is 0 Å². The van der Waals surface area contributed by atoms with Gasteiger partial charge in [0.2, 0.25) is 0 Å². The zero-order valence-corrected chi connectivity index (χ0v) is 10.8. The van der Waals surface area contributed by atoms with Gasteiger partial charge in [-0.1, -0.05) is 6.08 Å². The number of hydrogen-bond donors (Lipinski definition) is 4. The summed E-state index contributed by atoms with van der Waals surface area (Å²) in [6.07, 6.45) is 4.75. The summed E-state index contributed by atoms with van der Waals surface area (Å²) < 4.78 is 27.3. The summed E-state index contributed by atoms with van der Waals surface area (Å²) in [5.74, 6) is -0.905. The predicted octanol–water partition coefficient (Wildman–Crippen LogP) is 1.22. The molecule has 0 radical (unpaired) electrons. The molecule has 0 bridgehead atoms. The van der Waals surface area contributed by atoms with Crippen LogP contribution in [0.1, 0.15) is 5.56 Å². The van der Waals surface area contributed by atoms with E-state index in [0.717, 1.165) is 17.2 Å². The second kappa shape index (κ2) is 5.75. The van der Waals surface area contributed by atoms with E-state index in [-0.39, 0.29) is 17.8 Å². The normalized spacial score (nSPS) is 15.4. The first kappa shape index (κ1) is 14.1. The average molecular weight is 278 g/mol. The highest BCUT2D eigenvalue weighted by Crippen LogP contribution is 2.21. The number of nitrogen functional groups attached to an aromatic ring is 1. The van der Waals surface area contributed by atoms with E-state index in [9.17, 15) is 8.78 Å². The lowest BCUT2D eigenvalue weighted by Crippen LogP contribution is -2.29. The maximum atomic E-state index is 13.7. The molecule has 0 aromatic heterocycles. The molecule has 1 aromatic rings. The van der Waals surface area contributed by atoms with Crippen molar-refractivity contribution in [1.82, 2.24) is 5.32 Å². The number of nitrogens with one attached hydrogen (secondary N) is 1. The molecule has 0 spiro atoms. The molecular formula is C14H16F2N4. The quantitative estimate of drug-likeness (QED) is 0.626.